The van der Waals surface area contributed by atoms with Crippen LogP contribution in [-0.2, 0) is 11.3 Å². The van der Waals surface area contributed by atoms with E-state index in [4.69, 9.17) is 11.2 Å². The molecule has 0 amide bonds. The lowest BCUT2D eigenvalue weighted by atomic mass is 10.1. The molecule has 0 aliphatic heterocycles. The summed E-state index contributed by atoms with van der Waals surface area (Å²) in [7, 11) is 0. The van der Waals surface area contributed by atoms with E-state index in [0.29, 0.717) is 5.69 Å². The highest BCUT2D eigenvalue weighted by Crippen LogP contribution is 2.26. The molecule has 2 heterocycles. The predicted octanol–water partition coefficient (Wildman–Crippen LogP) is 1.22. The second-order valence-electron chi connectivity index (χ2n) is 4.36. The standard InChI is InChI=1S/C15H14N2O4/c1-4-8-17-13-10(7-6-9(3)16-13)12(18)11(14(17)19)15(20)21-5-2/h1,6-7,18H,5,8H2,2-3H3. The Hall–Kier alpha value is -2.81. The molecule has 0 saturated heterocycles. The number of aryl methyl sites for hydroxylation is 1. The lowest BCUT2D eigenvalue weighted by molar-refractivity contribution is 0.0520. The van der Waals surface area contributed by atoms with Gasteiger partial charge in [-0.25, -0.2) is 9.78 Å². The van der Waals surface area contributed by atoms with Crippen molar-refractivity contribution in [3.63, 3.8) is 0 Å². The first-order valence-corrected chi connectivity index (χ1v) is 6.35. The Labute approximate surface area is 121 Å². The van der Waals surface area contributed by atoms with Crippen LogP contribution in [0, 0.1) is 19.3 Å². The minimum absolute atomic E-state index is 0.0571. The number of pyridine rings is 2. The molecule has 6 nitrogen and oxygen atoms in total. The van der Waals surface area contributed by atoms with E-state index in [-0.39, 0.29) is 24.2 Å². The van der Waals surface area contributed by atoms with Crippen molar-refractivity contribution >= 4 is 17.0 Å². The Morgan fingerprint density at radius 3 is 2.86 bits per heavy atom. The van der Waals surface area contributed by atoms with Crippen molar-refractivity contribution in [2.75, 3.05) is 6.61 Å². The minimum atomic E-state index is -0.881. The number of ether oxygens (including phenoxy) is 1. The fraction of sp³-hybridized carbons (Fsp3) is 0.267. The summed E-state index contributed by atoms with van der Waals surface area (Å²) in [4.78, 5) is 28.5. The van der Waals surface area contributed by atoms with E-state index in [1.54, 1.807) is 26.0 Å². The fourth-order valence-corrected chi connectivity index (χ4v) is 2.03. The maximum atomic E-state index is 12.4. The largest absolute Gasteiger partial charge is 0.506 e. The van der Waals surface area contributed by atoms with Crippen LogP contribution in [0.1, 0.15) is 23.0 Å². The first kappa shape index (κ1) is 14.6. The van der Waals surface area contributed by atoms with Gasteiger partial charge in [-0.15, -0.1) is 6.42 Å². The Morgan fingerprint density at radius 2 is 2.24 bits per heavy atom. The van der Waals surface area contributed by atoms with Crippen molar-refractivity contribution in [3.05, 3.63) is 33.7 Å². The van der Waals surface area contributed by atoms with Crippen LogP contribution in [0.25, 0.3) is 11.0 Å². The van der Waals surface area contributed by atoms with Gasteiger partial charge in [-0.1, -0.05) is 5.92 Å². The van der Waals surface area contributed by atoms with Gasteiger partial charge in [-0.3, -0.25) is 9.36 Å². The van der Waals surface area contributed by atoms with Crippen molar-refractivity contribution in [1.82, 2.24) is 9.55 Å². The van der Waals surface area contributed by atoms with Crippen molar-refractivity contribution in [1.29, 1.82) is 0 Å². The monoisotopic (exact) mass is 286 g/mol. The summed E-state index contributed by atoms with van der Waals surface area (Å²) in [5.41, 5.74) is -0.237. The van der Waals surface area contributed by atoms with Crippen LogP contribution < -0.4 is 5.56 Å². The van der Waals surface area contributed by atoms with Gasteiger partial charge in [0.2, 0.25) is 0 Å². The SMILES string of the molecule is C#CCn1c(=O)c(C(=O)OCC)c(O)c2ccc(C)nc21. The highest BCUT2D eigenvalue weighted by atomic mass is 16.5. The fourth-order valence-electron chi connectivity index (χ4n) is 2.03. The first-order chi connectivity index (χ1) is 10.0. The number of hydrogen-bond donors (Lipinski definition) is 1. The summed E-state index contributed by atoms with van der Waals surface area (Å²) in [6.07, 6.45) is 5.27. The van der Waals surface area contributed by atoms with Crippen molar-refractivity contribution in [3.8, 4) is 18.1 Å². The van der Waals surface area contributed by atoms with Crippen LogP contribution in [0.15, 0.2) is 16.9 Å². The number of aromatic nitrogens is 2. The summed E-state index contributed by atoms with van der Waals surface area (Å²) < 4.78 is 5.99. The zero-order valence-corrected chi connectivity index (χ0v) is 11.7. The third kappa shape index (κ3) is 2.46. The molecule has 1 N–H and O–H groups in total. The Balaban J connectivity index is 2.89. The first-order valence-electron chi connectivity index (χ1n) is 6.35. The van der Waals surface area contributed by atoms with Gasteiger partial charge in [-0.2, -0.15) is 0 Å². The second kappa shape index (κ2) is 5.67. The molecule has 2 aromatic rings. The molecule has 0 bridgehead atoms. The van der Waals surface area contributed by atoms with E-state index in [2.05, 4.69) is 10.9 Å². The predicted molar refractivity (Wildman–Crippen MR) is 77.2 cm³/mol. The number of terminal acetylenes is 1. The number of carbonyl (C=O) groups is 1. The molecule has 6 heteroatoms. The van der Waals surface area contributed by atoms with Crippen LogP contribution in [0.5, 0.6) is 5.75 Å². The topological polar surface area (TPSA) is 81.4 Å². The molecule has 0 radical (unpaired) electrons. The average Bonchev–Trinajstić information content (AvgIpc) is 2.43. The molecule has 0 fully saturated rings. The Bertz CT molecular complexity index is 815. The minimum Gasteiger partial charge on any atom is -0.506 e. The van der Waals surface area contributed by atoms with Crippen molar-refractivity contribution in [2.45, 2.75) is 20.4 Å². The lowest BCUT2D eigenvalue weighted by Gasteiger charge is -2.12. The van der Waals surface area contributed by atoms with Gasteiger partial charge in [0, 0.05) is 5.69 Å². The smallest absolute Gasteiger partial charge is 0.347 e. The maximum Gasteiger partial charge on any atom is 0.347 e. The molecule has 0 aliphatic carbocycles. The second-order valence-corrected chi connectivity index (χ2v) is 4.36. The van der Waals surface area contributed by atoms with Crippen LogP contribution in [0.4, 0.5) is 0 Å². The average molecular weight is 286 g/mol. The molecule has 2 aromatic heterocycles. The summed E-state index contributed by atoms with van der Waals surface area (Å²) in [6, 6.07) is 3.25. The quantitative estimate of drug-likeness (QED) is 0.677. The van der Waals surface area contributed by atoms with E-state index >= 15 is 0 Å². The van der Waals surface area contributed by atoms with E-state index < -0.39 is 22.8 Å². The number of fused-ring (bicyclic) bond motifs is 1. The van der Waals surface area contributed by atoms with Crippen LogP contribution in [0.3, 0.4) is 0 Å². The number of esters is 1. The van der Waals surface area contributed by atoms with E-state index in [1.807, 2.05) is 0 Å². The summed E-state index contributed by atoms with van der Waals surface area (Å²) in [5, 5.41) is 10.5. The third-order valence-electron chi connectivity index (χ3n) is 2.95. The molecule has 0 aliphatic rings. The molecule has 0 aromatic carbocycles. The molecule has 0 spiro atoms. The number of hydrogen-bond acceptors (Lipinski definition) is 5. The van der Waals surface area contributed by atoms with Crippen LogP contribution in [-0.4, -0.2) is 27.2 Å². The molecular formula is C15H14N2O4. The zero-order valence-electron chi connectivity index (χ0n) is 11.7. The molecule has 0 unspecified atom stereocenters. The van der Waals surface area contributed by atoms with Gasteiger partial charge in [0.1, 0.15) is 11.4 Å². The van der Waals surface area contributed by atoms with Crippen LogP contribution >= 0.6 is 0 Å². The molecule has 108 valence electrons. The summed E-state index contributed by atoms with van der Waals surface area (Å²) in [6.45, 7) is 3.40. The number of carbonyl (C=O) groups excluding carboxylic acids is 1. The van der Waals surface area contributed by atoms with Gasteiger partial charge in [0.15, 0.2) is 5.56 Å². The van der Waals surface area contributed by atoms with Crippen LogP contribution in [0.2, 0.25) is 0 Å². The Morgan fingerprint density at radius 1 is 1.52 bits per heavy atom. The van der Waals surface area contributed by atoms with E-state index in [1.165, 1.54) is 4.57 Å². The number of rotatable bonds is 3. The molecule has 21 heavy (non-hydrogen) atoms. The highest BCUT2D eigenvalue weighted by Gasteiger charge is 2.23. The van der Waals surface area contributed by atoms with Gasteiger partial charge < -0.3 is 9.84 Å². The Kier molecular flexibility index (Phi) is 3.94. The van der Waals surface area contributed by atoms with Gasteiger partial charge >= 0.3 is 5.97 Å². The van der Waals surface area contributed by atoms with Gasteiger partial charge in [-0.05, 0) is 26.0 Å². The lowest BCUT2D eigenvalue weighted by Crippen LogP contribution is -2.28. The third-order valence-corrected chi connectivity index (χ3v) is 2.95. The molecular weight excluding hydrogens is 272 g/mol. The summed E-state index contributed by atoms with van der Waals surface area (Å²) >= 11 is 0. The highest BCUT2D eigenvalue weighted by molar-refractivity contribution is 5.98. The maximum absolute atomic E-state index is 12.4. The number of aromatic hydroxyl groups is 1. The van der Waals surface area contributed by atoms with E-state index in [0.717, 1.165) is 0 Å². The normalized spacial score (nSPS) is 10.3. The summed E-state index contributed by atoms with van der Waals surface area (Å²) in [5.74, 6) is 1.03. The van der Waals surface area contributed by atoms with Gasteiger partial charge in [0.25, 0.3) is 5.56 Å². The molecule has 2 rings (SSSR count). The number of nitrogens with zero attached hydrogens (tertiary/aromatic N) is 2. The van der Waals surface area contributed by atoms with Crippen molar-refractivity contribution < 1.29 is 14.6 Å². The molecule has 0 saturated carbocycles. The van der Waals surface area contributed by atoms with E-state index in [9.17, 15) is 14.7 Å². The van der Waals surface area contributed by atoms with Crippen molar-refractivity contribution in [2.24, 2.45) is 0 Å². The van der Waals surface area contributed by atoms with Gasteiger partial charge in [0.05, 0.1) is 18.5 Å². The zero-order chi connectivity index (χ0) is 15.6. The molecule has 0 atom stereocenters.